The third-order valence-electron chi connectivity index (χ3n) is 3.20. The first-order chi connectivity index (χ1) is 7.96. The summed E-state index contributed by atoms with van der Waals surface area (Å²) in [5.41, 5.74) is 0.888. The average Bonchev–Trinajstić information content (AvgIpc) is 2.26. The van der Waals surface area contributed by atoms with E-state index in [0.29, 0.717) is 11.3 Å². The molecular weight excluding hydrogens is 302 g/mol. The lowest BCUT2D eigenvalue weighted by Gasteiger charge is -2.30. The van der Waals surface area contributed by atoms with Gasteiger partial charge in [0.05, 0.1) is 10.1 Å². The predicted molar refractivity (Wildman–Crippen MR) is 71.8 cm³/mol. The second-order valence-electron chi connectivity index (χ2n) is 4.38. The van der Waals surface area contributed by atoms with Gasteiger partial charge in [-0.3, -0.25) is 0 Å². The molecule has 0 saturated carbocycles. The molecule has 0 fully saturated rings. The molecule has 0 aliphatic carbocycles. The molecule has 0 amide bonds. The van der Waals surface area contributed by atoms with E-state index >= 15 is 0 Å². The number of hydrogen-bond acceptors (Lipinski definition) is 3. The van der Waals surface area contributed by atoms with Gasteiger partial charge in [-0.25, -0.2) is 8.42 Å². The largest absolute Gasteiger partial charge is 0.310 e. The molecule has 0 radical (unpaired) electrons. The highest BCUT2D eigenvalue weighted by atomic mass is 79.9. The number of sulfone groups is 1. The third-order valence-corrected chi connectivity index (χ3v) is 5.93. The molecule has 1 aliphatic heterocycles. The molecule has 0 spiro atoms. The van der Waals surface area contributed by atoms with E-state index in [1.807, 2.05) is 13.0 Å². The standard InChI is InChI=1S/C12H16BrNO2S/c1-3-14-11-6-8(2)17(15,16)12-5-4-9(13)7-10(11)12/h4-5,7-8,11,14H,3,6H2,1-2H3. The van der Waals surface area contributed by atoms with Crippen molar-refractivity contribution in [1.82, 2.24) is 5.32 Å². The highest BCUT2D eigenvalue weighted by Gasteiger charge is 2.35. The van der Waals surface area contributed by atoms with Crippen LogP contribution >= 0.6 is 15.9 Å². The van der Waals surface area contributed by atoms with Crippen LogP contribution in [0.2, 0.25) is 0 Å². The monoisotopic (exact) mass is 317 g/mol. The van der Waals surface area contributed by atoms with Crippen LogP contribution in [0.4, 0.5) is 0 Å². The summed E-state index contributed by atoms with van der Waals surface area (Å²) in [5.74, 6) is 0. The number of hydrogen-bond donors (Lipinski definition) is 1. The summed E-state index contributed by atoms with van der Waals surface area (Å²) in [4.78, 5) is 0.477. The minimum atomic E-state index is -3.15. The summed E-state index contributed by atoms with van der Waals surface area (Å²) in [6.07, 6.45) is 0.639. The highest BCUT2D eigenvalue weighted by Crippen LogP contribution is 2.37. The van der Waals surface area contributed by atoms with E-state index < -0.39 is 9.84 Å². The summed E-state index contributed by atoms with van der Waals surface area (Å²) >= 11 is 3.40. The van der Waals surface area contributed by atoms with Crippen LogP contribution in [-0.4, -0.2) is 20.2 Å². The van der Waals surface area contributed by atoms with Crippen molar-refractivity contribution < 1.29 is 8.42 Å². The summed E-state index contributed by atoms with van der Waals surface area (Å²) in [7, 11) is -3.15. The Balaban J connectivity index is 2.58. The summed E-state index contributed by atoms with van der Waals surface area (Å²) in [6, 6.07) is 5.53. The molecule has 0 aromatic heterocycles. The van der Waals surface area contributed by atoms with Gasteiger partial charge in [-0.05, 0) is 43.7 Å². The molecule has 1 aliphatic rings. The van der Waals surface area contributed by atoms with Crippen LogP contribution in [0.15, 0.2) is 27.6 Å². The first-order valence-electron chi connectivity index (χ1n) is 5.73. The Morgan fingerprint density at radius 2 is 2.18 bits per heavy atom. The SMILES string of the molecule is CCNC1CC(C)S(=O)(=O)c2ccc(Br)cc21. The zero-order valence-corrected chi connectivity index (χ0v) is 12.3. The van der Waals surface area contributed by atoms with Gasteiger partial charge in [0.25, 0.3) is 0 Å². The first-order valence-corrected chi connectivity index (χ1v) is 8.07. The van der Waals surface area contributed by atoms with Gasteiger partial charge in [0.15, 0.2) is 9.84 Å². The van der Waals surface area contributed by atoms with E-state index in [4.69, 9.17) is 0 Å². The van der Waals surface area contributed by atoms with Crippen LogP contribution < -0.4 is 5.32 Å². The molecule has 1 N–H and O–H groups in total. The Bertz CT molecular complexity index is 527. The van der Waals surface area contributed by atoms with E-state index in [1.54, 1.807) is 19.1 Å². The summed E-state index contributed by atoms with van der Waals surface area (Å²) in [5, 5.41) is 3.03. The Labute approximate surface area is 111 Å². The Morgan fingerprint density at radius 1 is 1.47 bits per heavy atom. The van der Waals surface area contributed by atoms with Gasteiger partial charge in [-0.1, -0.05) is 22.9 Å². The third kappa shape index (κ3) is 2.28. The lowest BCUT2D eigenvalue weighted by atomic mass is 10.0. The van der Waals surface area contributed by atoms with Crippen molar-refractivity contribution in [2.75, 3.05) is 6.54 Å². The number of benzene rings is 1. The van der Waals surface area contributed by atoms with Crippen molar-refractivity contribution in [1.29, 1.82) is 0 Å². The molecule has 2 rings (SSSR count). The fourth-order valence-corrected chi connectivity index (χ4v) is 4.34. The Hall–Kier alpha value is -0.390. The molecular formula is C12H16BrNO2S. The van der Waals surface area contributed by atoms with Gasteiger partial charge in [0.2, 0.25) is 0 Å². The Kier molecular flexibility index (Phi) is 3.61. The van der Waals surface area contributed by atoms with Gasteiger partial charge in [0.1, 0.15) is 0 Å². The molecule has 2 unspecified atom stereocenters. The molecule has 1 heterocycles. The van der Waals surface area contributed by atoms with Crippen molar-refractivity contribution in [2.45, 2.75) is 36.5 Å². The lowest BCUT2D eigenvalue weighted by molar-refractivity contribution is 0.473. The molecule has 0 saturated heterocycles. The van der Waals surface area contributed by atoms with Crippen LogP contribution in [-0.2, 0) is 9.84 Å². The minimum absolute atomic E-state index is 0.131. The quantitative estimate of drug-likeness (QED) is 0.912. The fraction of sp³-hybridized carbons (Fsp3) is 0.500. The highest BCUT2D eigenvalue weighted by molar-refractivity contribution is 9.10. The van der Waals surface area contributed by atoms with E-state index in [1.165, 1.54) is 0 Å². The van der Waals surface area contributed by atoms with Gasteiger partial charge >= 0.3 is 0 Å². The smallest absolute Gasteiger partial charge is 0.181 e. The van der Waals surface area contributed by atoms with Gasteiger partial charge in [-0.15, -0.1) is 0 Å². The van der Waals surface area contributed by atoms with Gasteiger partial charge in [-0.2, -0.15) is 0 Å². The maximum absolute atomic E-state index is 12.2. The molecule has 1 aromatic carbocycles. The molecule has 5 heteroatoms. The van der Waals surface area contributed by atoms with Crippen molar-refractivity contribution in [3.05, 3.63) is 28.2 Å². The number of halogens is 1. The average molecular weight is 318 g/mol. The zero-order valence-electron chi connectivity index (χ0n) is 9.90. The number of nitrogens with one attached hydrogen (secondary N) is 1. The van der Waals surface area contributed by atoms with Crippen molar-refractivity contribution in [2.24, 2.45) is 0 Å². The normalized spacial score (nSPS) is 26.5. The molecule has 1 aromatic rings. The fourth-order valence-electron chi connectivity index (χ4n) is 2.29. The van der Waals surface area contributed by atoms with Gasteiger partial charge in [0, 0.05) is 10.5 Å². The predicted octanol–water partition coefficient (Wildman–Crippen LogP) is 2.67. The van der Waals surface area contributed by atoms with Crippen LogP contribution in [0.25, 0.3) is 0 Å². The first kappa shape index (κ1) is 13.1. The Morgan fingerprint density at radius 3 is 2.82 bits per heavy atom. The van der Waals surface area contributed by atoms with Crippen LogP contribution in [0.3, 0.4) is 0 Å². The van der Waals surface area contributed by atoms with Gasteiger partial charge < -0.3 is 5.32 Å². The summed E-state index contributed by atoms with van der Waals surface area (Å²) < 4.78 is 25.4. The van der Waals surface area contributed by atoms with Crippen LogP contribution in [0.5, 0.6) is 0 Å². The maximum Gasteiger partial charge on any atom is 0.181 e. The van der Waals surface area contributed by atoms with E-state index in [0.717, 1.165) is 16.6 Å². The number of rotatable bonds is 2. The topological polar surface area (TPSA) is 46.2 Å². The van der Waals surface area contributed by atoms with E-state index in [-0.39, 0.29) is 11.3 Å². The molecule has 94 valence electrons. The van der Waals surface area contributed by atoms with E-state index in [9.17, 15) is 8.42 Å². The minimum Gasteiger partial charge on any atom is -0.310 e. The van der Waals surface area contributed by atoms with Crippen molar-refractivity contribution in [3.8, 4) is 0 Å². The maximum atomic E-state index is 12.2. The molecule has 3 nitrogen and oxygen atoms in total. The van der Waals surface area contributed by atoms with Crippen LogP contribution in [0.1, 0.15) is 31.9 Å². The van der Waals surface area contributed by atoms with Crippen molar-refractivity contribution in [3.63, 3.8) is 0 Å². The number of fused-ring (bicyclic) bond motifs is 1. The lowest BCUT2D eigenvalue weighted by Crippen LogP contribution is -2.34. The summed E-state index contributed by atoms with van der Waals surface area (Å²) in [6.45, 7) is 4.65. The van der Waals surface area contributed by atoms with Crippen LogP contribution in [0, 0.1) is 0 Å². The second-order valence-corrected chi connectivity index (χ2v) is 7.63. The molecule has 2 atom stereocenters. The zero-order chi connectivity index (χ0) is 12.6. The molecule has 0 bridgehead atoms. The molecule has 17 heavy (non-hydrogen) atoms. The van der Waals surface area contributed by atoms with Crippen molar-refractivity contribution >= 4 is 25.8 Å². The van der Waals surface area contributed by atoms with E-state index in [2.05, 4.69) is 21.2 Å². The second kappa shape index (κ2) is 4.71.